The normalized spacial score (nSPS) is 17.3. The van der Waals surface area contributed by atoms with Gasteiger partial charge in [0.1, 0.15) is 5.70 Å². The van der Waals surface area contributed by atoms with Gasteiger partial charge in [-0.2, -0.15) is 0 Å². The van der Waals surface area contributed by atoms with Crippen LogP contribution in [0.25, 0.3) is 5.57 Å². The topological polar surface area (TPSA) is 88.2 Å². The summed E-state index contributed by atoms with van der Waals surface area (Å²) in [6.07, 6.45) is 0.594. The lowest BCUT2D eigenvalue weighted by Crippen LogP contribution is -2.40. The van der Waals surface area contributed by atoms with E-state index in [1.807, 2.05) is 11.8 Å². The van der Waals surface area contributed by atoms with Gasteiger partial charge in [-0.15, -0.1) is 0 Å². The summed E-state index contributed by atoms with van der Waals surface area (Å²) in [5.74, 6) is -0.729. The van der Waals surface area contributed by atoms with Crippen LogP contribution >= 0.6 is 0 Å². The van der Waals surface area contributed by atoms with Crippen molar-refractivity contribution in [1.29, 1.82) is 0 Å². The Morgan fingerprint density at radius 2 is 1.83 bits per heavy atom. The summed E-state index contributed by atoms with van der Waals surface area (Å²) in [5, 5.41) is 2.71. The van der Waals surface area contributed by atoms with Crippen molar-refractivity contribution in [1.82, 2.24) is 9.80 Å². The molecule has 0 radical (unpaired) electrons. The van der Waals surface area contributed by atoms with Crippen LogP contribution < -0.4 is 5.32 Å². The Morgan fingerprint density at radius 1 is 1.14 bits per heavy atom. The van der Waals surface area contributed by atoms with Gasteiger partial charge in [0.2, 0.25) is 5.91 Å². The number of anilines is 1. The highest BCUT2D eigenvalue weighted by Gasteiger charge is 2.41. The van der Waals surface area contributed by atoms with Crippen LogP contribution in [0.1, 0.15) is 25.8 Å². The quantitative estimate of drug-likeness (QED) is 0.524. The predicted octanol–water partition coefficient (Wildman–Crippen LogP) is 1.48. The smallest absolute Gasteiger partial charge is 0.277 e. The maximum absolute atomic E-state index is 13.2. The average Bonchev–Trinajstić information content (AvgIpc) is 2.96. The molecule has 1 saturated heterocycles. The number of carbonyl (C=O) groups excluding carboxylic acids is 3. The highest BCUT2D eigenvalue weighted by Crippen LogP contribution is 2.32. The van der Waals surface area contributed by atoms with Crippen LogP contribution in [0.2, 0.25) is 0 Å². The van der Waals surface area contributed by atoms with Crippen molar-refractivity contribution in [3.63, 3.8) is 0 Å². The molecule has 2 heterocycles. The molecule has 0 saturated carbocycles. The zero-order valence-electron chi connectivity index (χ0n) is 16.9. The molecule has 0 aromatic heterocycles. The van der Waals surface area contributed by atoms with E-state index in [9.17, 15) is 14.4 Å². The minimum atomic E-state index is -0.291. The summed E-state index contributed by atoms with van der Waals surface area (Å²) in [6.45, 7) is 6.93. The number of nitrogens with zero attached hydrogens (tertiary/aromatic N) is 2. The number of imide groups is 1. The lowest BCUT2D eigenvalue weighted by Gasteiger charge is -2.29. The highest BCUT2D eigenvalue weighted by molar-refractivity contribution is 6.35. The third-order valence-corrected chi connectivity index (χ3v) is 4.84. The fourth-order valence-corrected chi connectivity index (χ4v) is 3.50. The Bertz CT molecular complexity index is 797. The Morgan fingerprint density at radius 3 is 2.45 bits per heavy atom. The van der Waals surface area contributed by atoms with Gasteiger partial charge >= 0.3 is 0 Å². The molecule has 8 nitrogen and oxygen atoms in total. The molecule has 8 heteroatoms. The van der Waals surface area contributed by atoms with E-state index in [4.69, 9.17) is 9.47 Å². The Balaban J connectivity index is 1.89. The van der Waals surface area contributed by atoms with Crippen molar-refractivity contribution in [3.05, 3.63) is 35.5 Å². The second kappa shape index (κ2) is 9.67. The van der Waals surface area contributed by atoms with Gasteiger partial charge in [0.05, 0.1) is 18.8 Å². The Labute approximate surface area is 170 Å². The van der Waals surface area contributed by atoms with Gasteiger partial charge in [0, 0.05) is 45.5 Å². The molecule has 0 bridgehead atoms. The minimum Gasteiger partial charge on any atom is -0.382 e. The summed E-state index contributed by atoms with van der Waals surface area (Å²) in [7, 11) is 0. The SMILES string of the molecule is CCOCCCN1C(=O)C(c2ccc(NC(C)=O)cc2)=C(N2CCOCC2)C1=O. The largest absolute Gasteiger partial charge is 0.382 e. The van der Waals surface area contributed by atoms with E-state index in [1.54, 1.807) is 24.3 Å². The fraction of sp³-hybridized carbons (Fsp3) is 0.476. The number of rotatable bonds is 8. The molecule has 1 aromatic rings. The van der Waals surface area contributed by atoms with Gasteiger partial charge in [0.25, 0.3) is 11.8 Å². The number of hydrogen-bond donors (Lipinski definition) is 1. The van der Waals surface area contributed by atoms with E-state index in [0.29, 0.717) is 75.0 Å². The van der Waals surface area contributed by atoms with E-state index in [1.165, 1.54) is 11.8 Å². The number of benzene rings is 1. The van der Waals surface area contributed by atoms with E-state index in [2.05, 4.69) is 5.32 Å². The highest BCUT2D eigenvalue weighted by atomic mass is 16.5. The number of amides is 3. The molecule has 0 atom stereocenters. The predicted molar refractivity (Wildman–Crippen MR) is 108 cm³/mol. The van der Waals surface area contributed by atoms with E-state index in [0.717, 1.165) is 0 Å². The maximum Gasteiger partial charge on any atom is 0.277 e. The van der Waals surface area contributed by atoms with E-state index < -0.39 is 0 Å². The van der Waals surface area contributed by atoms with Crippen LogP contribution in [0.5, 0.6) is 0 Å². The summed E-state index contributed by atoms with van der Waals surface area (Å²) in [4.78, 5) is 40.8. The first-order valence-corrected chi connectivity index (χ1v) is 9.92. The molecule has 1 aromatic carbocycles. The Kier molecular flexibility index (Phi) is 7.00. The molecule has 0 unspecified atom stereocenters. The maximum atomic E-state index is 13.2. The monoisotopic (exact) mass is 401 g/mol. The van der Waals surface area contributed by atoms with Crippen molar-refractivity contribution >= 4 is 29.0 Å². The van der Waals surface area contributed by atoms with Crippen LogP contribution in [0.3, 0.4) is 0 Å². The summed E-state index contributed by atoms with van der Waals surface area (Å²) < 4.78 is 10.7. The number of hydrogen-bond acceptors (Lipinski definition) is 6. The lowest BCUT2D eigenvalue weighted by molar-refractivity contribution is -0.138. The third-order valence-electron chi connectivity index (χ3n) is 4.84. The molecule has 1 fully saturated rings. The summed E-state index contributed by atoms with van der Waals surface area (Å²) in [6, 6.07) is 6.98. The summed E-state index contributed by atoms with van der Waals surface area (Å²) in [5.41, 5.74) is 2.14. The number of morpholine rings is 1. The first-order valence-electron chi connectivity index (χ1n) is 9.92. The van der Waals surface area contributed by atoms with Crippen LogP contribution in [-0.4, -0.2) is 73.6 Å². The molecule has 156 valence electrons. The van der Waals surface area contributed by atoms with Crippen LogP contribution in [0, 0.1) is 0 Å². The second-order valence-corrected chi connectivity index (χ2v) is 6.89. The van der Waals surface area contributed by atoms with Gasteiger partial charge in [-0.1, -0.05) is 12.1 Å². The molecule has 3 rings (SSSR count). The lowest BCUT2D eigenvalue weighted by atomic mass is 10.0. The van der Waals surface area contributed by atoms with E-state index >= 15 is 0 Å². The van der Waals surface area contributed by atoms with Crippen molar-refractivity contribution in [2.45, 2.75) is 20.3 Å². The van der Waals surface area contributed by atoms with Gasteiger partial charge in [-0.25, -0.2) is 0 Å². The molecule has 1 N–H and O–H groups in total. The molecular weight excluding hydrogens is 374 g/mol. The molecule has 0 aliphatic carbocycles. The van der Waals surface area contributed by atoms with Crippen molar-refractivity contribution in [2.24, 2.45) is 0 Å². The van der Waals surface area contributed by atoms with Crippen molar-refractivity contribution < 1.29 is 23.9 Å². The first kappa shape index (κ1) is 21.0. The third kappa shape index (κ3) is 4.83. The molecular formula is C21H27N3O5. The molecule has 0 spiro atoms. The zero-order chi connectivity index (χ0) is 20.8. The van der Waals surface area contributed by atoms with Crippen molar-refractivity contribution in [3.8, 4) is 0 Å². The zero-order valence-corrected chi connectivity index (χ0v) is 16.9. The van der Waals surface area contributed by atoms with Crippen LogP contribution in [0.15, 0.2) is 30.0 Å². The molecule has 29 heavy (non-hydrogen) atoms. The fourth-order valence-electron chi connectivity index (χ4n) is 3.50. The molecule has 2 aliphatic heterocycles. The molecule has 2 aliphatic rings. The standard InChI is InChI=1S/C21H27N3O5/c1-3-28-12-4-9-24-20(26)18(16-5-7-17(8-6-16)22-15(2)25)19(21(24)27)23-10-13-29-14-11-23/h5-8H,3-4,9-14H2,1-2H3,(H,22,25). The van der Waals surface area contributed by atoms with E-state index in [-0.39, 0.29) is 17.7 Å². The number of carbonyl (C=O) groups is 3. The van der Waals surface area contributed by atoms with Crippen LogP contribution in [0.4, 0.5) is 5.69 Å². The number of ether oxygens (including phenoxy) is 2. The van der Waals surface area contributed by atoms with Crippen LogP contribution in [-0.2, 0) is 23.9 Å². The Hall–Kier alpha value is -2.71. The first-order chi connectivity index (χ1) is 14.0. The minimum absolute atomic E-state index is 0.168. The van der Waals surface area contributed by atoms with Gasteiger partial charge in [-0.3, -0.25) is 19.3 Å². The van der Waals surface area contributed by atoms with Gasteiger partial charge in [-0.05, 0) is 31.0 Å². The van der Waals surface area contributed by atoms with Gasteiger partial charge < -0.3 is 19.7 Å². The van der Waals surface area contributed by atoms with Gasteiger partial charge in [0.15, 0.2) is 0 Å². The average molecular weight is 401 g/mol. The second-order valence-electron chi connectivity index (χ2n) is 6.89. The van der Waals surface area contributed by atoms with Crippen molar-refractivity contribution in [2.75, 3.05) is 51.4 Å². The summed E-state index contributed by atoms with van der Waals surface area (Å²) >= 11 is 0. The number of nitrogens with one attached hydrogen (secondary N) is 1. The molecule has 3 amide bonds.